The predicted molar refractivity (Wildman–Crippen MR) is 93.9 cm³/mol. The lowest BCUT2D eigenvalue weighted by atomic mass is 10.1. The highest BCUT2D eigenvalue weighted by Crippen LogP contribution is 2.39. The van der Waals surface area contributed by atoms with Crippen LogP contribution in [0.15, 0.2) is 14.5 Å². The van der Waals surface area contributed by atoms with Gasteiger partial charge in [-0.3, -0.25) is 0 Å². The number of hydrogen-bond donors (Lipinski definition) is 2. The molecule has 0 aromatic carbocycles. The average Bonchev–Trinajstić information content (AvgIpc) is 2.90. The Labute approximate surface area is 145 Å². The van der Waals surface area contributed by atoms with E-state index in [0.29, 0.717) is 25.2 Å². The largest absolute Gasteiger partial charge is 0.309 e. The Balaban J connectivity index is 2.44. The fourth-order valence-electron chi connectivity index (χ4n) is 2.49. The Hall–Kier alpha value is -0.170. The van der Waals surface area contributed by atoms with Crippen LogP contribution in [0, 0.1) is 0 Å². The SMILES string of the molecule is CCNC1CN(CCCSC)S(=O)(=O)c2sc(S(N)(=O)=O)cc21. The van der Waals surface area contributed by atoms with Crippen molar-refractivity contribution < 1.29 is 16.8 Å². The van der Waals surface area contributed by atoms with Gasteiger partial charge in [-0.1, -0.05) is 6.92 Å². The molecule has 11 heteroatoms. The lowest BCUT2D eigenvalue weighted by Crippen LogP contribution is -2.43. The van der Waals surface area contributed by atoms with Crippen LogP contribution in [-0.4, -0.2) is 52.8 Å². The first-order valence-electron chi connectivity index (χ1n) is 7.10. The van der Waals surface area contributed by atoms with Gasteiger partial charge in [0.25, 0.3) is 10.0 Å². The smallest absolute Gasteiger partial charge is 0.252 e. The second-order valence-electron chi connectivity index (χ2n) is 5.17. The van der Waals surface area contributed by atoms with Gasteiger partial charge in [0.15, 0.2) is 0 Å². The minimum absolute atomic E-state index is 0.0860. The van der Waals surface area contributed by atoms with Gasteiger partial charge >= 0.3 is 0 Å². The van der Waals surface area contributed by atoms with E-state index in [-0.39, 0.29) is 14.5 Å². The molecule has 0 bridgehead atoms. The summed E-state index contributed by atoms with van der Waals surface area (Å²) in [4.78, 5) is 0. The molecule has 7 nitrogen and oxygen atoms in total. The fraction of sp³-hybridized carbons (Fsp3) is 0.667. The van der Waals surface area contributed by atoms with E-state index in [1.165, 1.54) is 10.4 Å². The van der Waals surface area contributed by atoms with E-state index in [1.807, 2.05) is 13.2 Å². The van der Waals surface area contributed by atoms with Crippen molar-refractivity contribution >= 4 is 43.1 Å². The van der Waals surface area contributed by atoms with Gasteiger partial charge in [-0.05, 0) is 31.0 Å². The molecular weight excluding hydrogens is 378 g/mol. The summed E-state index contributed by atoms with van der Waals surface area (Å²) in [7, 11) is -7.59. The highest BCUT2D eigenvalue weighted by Gasteiger charge is 2.39. The summed E-state index contributed by atoms with van der Waals surface area (Å²) in [6.45, 7) is 3.31. The maximum Gasteiger partial charge on any atom is 0.252 e. The Morgan fingerprint density at radius 1 is 1.52 bits per heavy atom. The molecule has 132 valence electrons. The second-order valence-corrected chi connectivity index (χ2v) is 11.1. The standard InChI is InChI=1S/C12H21N3O4S4/c1-3-14-10-8-15(5-4-6-20-2)23(18,19)12-9(10)7-11(21-12)22(13,16)17/h7,10,14H,3-6,8H2,1-2H3,(H2,13,16,17). The molecule has 1 aliphatic rings. The zero-order chi connectivity index (χ0) is 17.3. The minimum atomic E-state index is -3.92. The summed E-state index contributed by atoms with van der Waals surface area (Å²) in [6, 6.07) is 1.17. The lowest BCUT2D eigenvalue weighted by Gasteiger charge is -2.32. The Morgan fingerprint density at radius 2 is 2.22 bits per heavy atom. The van der Waals surface area contributed by atoms with Crippen molar-refractivity contribution in [2.45, 2.75) is 27.8 Å². The van der Waals surface area contributed by atoms with E-state index < -0.39 is 20.0 Å². The van der Waals surface area contributed by atoms with Gasteiger partial charge in [0.1, 0.15) is 8.42 Å². The van der Waals surface area contributed by atoms with E-state index in [0.717, 1.165) is 23.5 Å². The van der Waals surface area contributed by atoms with Crippen molar-refractivity contribution in [1.29, 1.82) is 0 Å². The van der Waals surface area contributed by atoms with Crippen molar-refractivity contribution in [2.75, 3.05) is 31.6 Å². The first kappa shape index (κ1) is 19.2. The van der Waals surface area contributed by atoms with Gasteiger partial charge in [-0.25, -0.2) is 22.0 Å². The molecule has 0 spiro atoms. The quantitative estimate of drug-likeness (QED) is 0.657. The van der Waals surface area contributed by atoms with E-state index in [2.05, 4.69) is 5.32 Å². The van der Waals surface area contributed by atoms with Crippen LogP contribution < -0.4 is 10.5 Å². The number of nitrogens with one attached hydrogen (secondary N) is 1. The molecule has 1 unspecified atom stereocenters. The zero-order valence-corrected chi connectivity index (χ0v) is 16.2. The van der Waals surface area contributed by atoms with Crippen LogP contribution in [-0.2, 0) is 20.0 Å². The van der Waals surface area contributed by atoms with Crippen LogP contribution in [0.3, 0.4) is 0 Å². The van der Waals surface area contributed by atoms with Crippen molar-refractivity contribution in [3.05, 3.63) is 11.6 Å². The number of thioether (sulfide) groups is 1. The highest BCUT2D eigenvalue weighted by atomic mass is 32.3. The maximum absolute atomic E-state index is 12.8. The lowest BCUT2D eigenvalue weighted by molar-refractivity contribution is 0.345. The zero-order valence-electron chi connectivity index (χ0n) is 13.0. The van der Waals surface area contributed by atoms with Gasteiger partial charge in [-0.15, -0.1) is 11.3 Å². The molecule has 0 amide bonds. The number of rotatable bonds is 7. The van der Waals surface area contributed by atoms with Crippen LogP contribution in [0.5, 0.6) is 0 Å². The van der Waals surface area contributed by atoms with Crippen molar-refractivity contribution in [3.63, 3.8) is 0 Å². The molecule has 1 aromatic heterocycles. The molecule has 0 saturated heterocycles. The third-order valence-electron chi connectivity index (χ3n) is 3.53. The van der Waals surface area contributed by atoms with Gasteiger partial charge in [-0.2, -0.15) is 16.1 Å². The van der Waals surface area contributed by atoms with Crippen LogP contribution in [0.2, 0.25) is 0 Å². The van der Waals surface area contributed by atoms with E-state index in [4.69, 9.17) is 5.14 Å². The second kappa shape index (κ2) is 7.38. The Morgan fingerprint density at radius 3 is 2.78 bits per heavy atom. The third-order valence-corrected chi connectivity index (χ3v) is 9.19. The summed E-state index contributed by atoms with van der Waals surface area (Å²) in [6.07, 6.45) is 2.73. The molecule has 0 aliphatic carbocycles. The van der Waals surface area contributed by atoms with Gasteiger partial charge in [0.05, 0.1) is 0 Å². The highest BCUT2D eigenvalue weighted by molar-refractivity contribution is 7.98. The number of hydrogen-bond acceptors (Lipinski definition) is 7. The van der Waals surface area contributed by atoms with Gasteiger partial charge < -0.3 is 5.32 Å². The molecule has 1 atom stereocenters. The molecular formula is C12H21N3O4S4. The molecule has 0 saturated carbocycles. The molecule has 0 radical (unpaired) electrons. The third kappa shape index (κ3) is 4.09. The van der Waals surface area contributed by atoms with Crippen LogP contribution in [0.4, 0.5) is 0 Å². The molecule has 23 heavy (non-hydrogen) atoms. The van der Waals surface area contributed by atoms with Gasteiger partial charge in [0.2, 0.25) is 10.0 Å². The molecule has 1 aromatic rings. The number of likely N-dealkylation sites (N-methyl/N-ethyl adjacent to an activating group) is 1. The maximum atomic E-state index is 12.8. The monoisotopic (exact) mass is 399 g/mol. The average molecular weight is 400 g/mol. The molecule has 0 fully saturated rings. The van der Waals surface area contributed by atoms with Gasteiger partial charge in [0, 0.05) is 24.7 Å². The molecule has 2 heterocycles. The van der Waals surface area contributed by atoms with E-state index in [1.54, 1.807) is 11.8 Å². The normalized spacial score (nSPS) is 21.3. The summed E-state index contributed by atoms with van der Waals surface area (Å²) in [5.74, 6) is 0.873. The number of primary sulfonamides is 1. The predicted octanol–water partition coefficient (Wildman–Crippen LogP) is 0.804. The summed E-state index contributed by atoms with van der Waals surface area (Å²) >= 11 is 2.40. The Kier molecular flexibility index (Phi) is 6.15. The first-order valence-corrected chi connectivity index (χ1v) is 12.3. The number of sulfonamides is 2. The van der Waals surface area contributed by atoms with E-state index >= 15 is 0 Å². The first-order chi connectivity index (χ1) is 10.7. The molecule has 3 N–H and O–H groups in total. The Bertz CT molecular complexity index is 757. The summed E-state index contributed by atoms with van der Waals surface area (Å²) in [5.41, 5.74) is 0.502. The number of nitrogens with two attached hydrogens (primary N) is 1. The molecule has 1 aliphatic heterocycles. The summed E-state index contributed by atoms with van der Waals surface area (Å²) in [5, 5.41) is 8.38. The van der Waals surface area contributed by atoms with Crippen molar-refractivity contribution in [2.24, 2.45) is 5.14 Å². The topological polar surface area (TPSA) is 110 Å². The fourth-order valence-corrected chi connectivity index (χ4v) is 7.21. The number of thiophene rings is 1. The van der Waals surface area contributed by atoms with Crippen LogP contribution in [0.25, 0.3) is 0 Å². The van der Waals surface area contributed by atoms with Crippen molar-refractivity contribution in [3.8, 4) is 0 Å². The van der Waals surface area contributed by atoms with Crippen molar-refractivity contribution in [1.82, 2.24) is 9.62 Å². The van der Waals surface area contributed by atoms with Crippen LogP contribution in [0.1, 0.15) is 24.9 Å². The number of fused-ring (bicyclic) bond motifs is 1. The molecule has 2 rings (SSSR count). The van der Waals surface area contributed by atoms with Crippen LogP contribution >= 0.6 is 23.1 Å². The van der Waals surface area contributed by atoms with E-state index in [9.17, 15) is 16.8 Å². The minimum Gasteiger partial charge on any atom is -0.309 e. The number of nitrogens with zero attached hydrogens (tertiary/aromatic N) is 1. The summed E-state index contributed by atoms with van der Waals surface area (Å²) < 4.78 is 50.1.